The molecule has 2 rings (SSSR count). The molecular formula is C8H9F2N3S. The van der Waals surface area contributed by atoms with Crippen molar-refractivity contribution < 1.29 is 8.78 Å². The van der Waals surface area contributed by atoms with Gasteiger partial charge in [0, 0.05) is 6.04 Å². The third-order valence-electron chi connectivity index (χ3n) is 1.96. The third kappa shape index (κ3) is 2.06. The van der Waals surface area contributed by atoms with Crippen molar-refractivity contribution in [1.82, 2.24) is 10.2 Å². The Morgan fingerprint density at radius 3 is 2.64 bits per heavy atom. The first-order valence-electron chi connectivity index (χ1n) is 4.29. The van der Waals surface area contributed by atoms with Gasteiger partial charge in [-0.05, 0) is 12.8 Å². The van der Waals surface area contributed by atoms with Crippen LogP contribution in [0.2, 0.25) is 0 Å². The molecule has 0 unspecified atom stereocenters. The number of hydrogen-bond acceptors (Lipinski definition) is 4. The van der Waals surface area contributed by atoms with E-state index in [4.69, 9.17) is 0 Å². The van der Waals surface area contributed by atoms with Crippen LogP contribution in [-0.2, 0) is 0 Å². The van der Waals surface area contributed by atoms with E-state index >= 15 is 0 Å². The van der Waals surface area contributed by atoms with Gasteiger partial charge in [0.1, 0.15) is 0 Å². The van der Waals surface area contributed by atoms with Crippen LogP contribution in [0.25, 0.3) is 0 Å². The molecule has 1 aromatic heterocycles. The van der Waals surface area contributed by atoms with E-state index in [1.807, 2.05) is 0 Å². The van der Waals surface area contributed by atoms with Crippen LogP contribution < -0.4 is 5.32 Å². The molecule has 6 heteroatoms. The van der Waals surface area contributed by atoms with E-state index in [0.29, 0.717) is 5.13 Å². The fraction of sp³-hybridized carbons (Fsp3) is 0.500. The molecule has 0 saturated heterocycles. The summed E-state index contributed by atoms with van der Waals surface area (Å²) >= 11 is 0.917. The molecule has 76 valence electrons. The van der Waals surface area contributed by atoms with Gasteiger partial charge in [0.2, 0.25) is 5.13 Å². The Bertz CT molecular complexity index is 329. The lowest BCUT2D eigenvalue weighted by Gasteiger charge is -2.08. The third-order valence-corrected chi connectivity index (χ3v) is 2.82. The van der Waals surface area contributed by atoms with Crippen LogP contribution in [0.1, 0.15) is 24.3 Å². The molecule has 1 aromatic rings. The Labute approximate surface area is 83.9 Å². The monoisotopic (exact) mass is 217 g/mol. The lowest BCUT2D eigenvalue weighted by Crippen LogP contribution is -2.14. The number of rotatable bonds is 3. The number of hydrogen-bond donors (Lipinski definition) is 1. The van der Waals surface area contributed by atoms with Gasteiger partial charge < -0.3 is 5.32 Å². The normalized spacial score (nSPS) is 16.8. The predicted octanol–water partition coefficient (Wildman–Crippen LogP) is 2.61. The molecule has 0 aliphatic heterocycles. The van der Waals surface area contributed by atoms with E-state index < -0.39 is 6.43 Å². The van der Waals surface area contributed by atoms with Gasteiger partial charge in [-0.2, -0.15) is 0 Å². The standard InChI is InChI=1S/C8H9F2N3S/c9-6(10)7-12-13-8(14-7)11-5-3-1-2-4-5/h1-2,5-6H,3-4H2,(H,11,13). The second-order valence-corrected chi connectivity index (χ2v) is 4.04. The minimum absolute atomic E-state index is 0.224. The molecule has 1 N–H and O–H groups in total. The summed E-state index contributed by atoms with van der Waals surface area (Å²) in [6.07, 6.45) is 3.44. The summed E-state index contributed by atoms with van der Waals surface area (Å²) in [6, 6.07) is 0.286. The SMILES string of the molecule is FC(F)c1nnc(NC2CC=CC2)s1. The highest BCUT2D eigenvalue weighted by Gasteiger charge is 2.16. The molecule has 0 radical (unpaired) electrons. The topological polar surface area (TPSA) is 37.8 Å². The second kappa shape index (κ2) is 4.00. The maximum Gasteiger partial charge on any atom is 0.291 e. The summed E-state index contributed by atoms with van der Waals surface area (Å²) in [5.41, 5.74) is 0. The van der Waals surface area contributed by atoms with Gasteiger partial charge in [-0.25, -0.2) is 8.78 Å². The van der Waals surface area contributed by atoms with Crippen molar-refractivity contribution in [3.05, 3.63) is 17.2 Å². The maximum absolute atomic E-state index is 12.2. The zero-order valence-corrected chi connectivity index (χ0v) is 8.10. The highest BCUT2D eigenvalue weighted by molar-refractivity contribution is 7.15. The van der Waals surface area contributed by atoms with Crippen LogP contribution >= 0.6 is 11.3 Å². The second-order valence-electron chi connectivity index (χ2n) is 3.03. The van der Waals surface area contributed by atoms with Crippen LogP contribution in [0.3, 0.4) is 0 Å². The van der Waals surface area contributed by atoms with Crippen molar-refractivity contribution >= 4 is 16.5 Å². The molecule has 3 nitrogen and oxygen atoms in total. The lowest BCUT2D eigenvalue weighted by molar-refractivity contribution is 0.150. The van der Waals surface area contributed by atoms with Gasteiger partial charge in [-0.15, -0.1) is 10.2 Å². The van der Waals surface area contributed by atoms with Crippen LogP contribution in [0.15, 0.2) is 12.2 Å². The van der Waals surface area contributed by atoms with Crippen molar-refractivity contribution in [2.24, 2.45) is 0 Å². The first-order chi connectivity index (χ1) is 6.75. The van der Waals surface area contributed by atoms with Crippen molar-refractivity contribution in [2.45, 2.75) is 25.3 Å². The van der Waals surface area contributed by atoms with E-state index in [-0.39, 0.29) is 11.0 Å². The zero-order valence-electron chi connectivity index (χ0n) is 7.28. The Hall–Kier alpha value is -1.04. The molecule has 0 fully saturated rings. The molecule has 0 saturated carbocycles. The number of alkyl halides is 2. The lowest BCUT2D eigenvalue weighted by atomic mass is 10.2. The fourth-order valence-electron chi connectivity index (χ4n) is 1.29. The molecule has 0 aromatic carbocycles. The van der Waals surface area contributed by atoms with Crippen LogP contribution in [-0.4, -0.2) is 16.2 Å². The predicted molar refractivity (Wildman–Crippen MR) is 50.7 cm³/mol. The number of halogens is 2. The number of nitrogens with one attached hydrogen (secondary N) is 1. The van der Waals surface area contributed by atoms with Crippen molar-refractivity contribution in [1.29, 1.82) is 0 Å². The molecule has 14 heavy (non-hydrogen) atoms. The van der Waals surface area contributed by atoms with E-state index in [2.05, 4.69) is 27.7 Å². The molecule has 1 aliphatic rings. The largest absolute Gasteiger partial charge is 0.357 e. The first kappa shape index (κ1) is 9.51. The zero-order chi connectivity index (χ0) is 9.97. The first-order valence-corrected chi connectivity index (χ1v) is 5.10. The molecule has 0 bridgehead atoms. The molecule has 0 spiro atoms. The van der Waals surface area contributed by atoms with Gasteiger partial charge in [0.25, 0.3) is 6.43 Å². The number of anilines is 1. The van der Waals surface area contributed by atoms with Gasteiger partial charge in [-0.3, -0.25) is 0 Å². The van der Waals surface area contributed by atoms with Crippen molar-refractivity contribution in [3.8, 4) is 0 Å². The summed E-state index contributed by atoms with van der Waals surface area (Å²) < 4.78 is 24.3. The highest BCUT2D eigenvalue weighted by Crippen LogP contribution is 2.26. The molecule has 1 heterocycles. The number of aromatic nitrogens is 2. The Morgan fingerprint density at radius 1 is 1.36 bits per heavy atom. The maximum atomic E-state index is 12.2. The van der Waals surface area contributed by atoms with Gasteiger partial charge in [0.05, 0.1) is 0 Å². The van der Waals surface area contributed by atoms with E-state index in [1.54, 1.807) is 0 Å². The summed E-state index contributed by atoms with van der Waals surface area (Å²) in [5, 5.41) is 10.4. The van der Waals surface area contributed by atoms with E-state index in [0.717, 1.165) is 24.2 Å². The summed E-state index contributed by atoms with van der Waals surface area (Å²) in [4.78, 5) is 0. The van der Waals surface area contributed by atoms with Gasteiger partial charge in [0.15, 0.2) is 5.01 Å². The van der Waals surface area contributed by atoms with Crippen molar-refractivity contribution in [2.75, 3.05) is 5.32 Å². The quantitative estimate of drug-likeness (QED) is 0.791. The van der Waals surface area contributed by atoms with Crippen LogP contribution in [0, 0.1) is 0 Å². The minimum atomic E-state index is -2.52. The van der Waals surface area contributed by atoms with Gasteiger partial charge in [-0.1, -0.05) is 23.5 Å². The Balaban J connectivity index is 1.96. The van der Waals surface area contributed by atoms with Crippen molar-refractivity contribution in [3.63, 3.8) is 0 Å². The van der Waals surface area contributed by atoms with Crippen LogP contribution in [0.4, 0.5) is 13.9 Å². The summed E-state index contributed by atoms with van der Waals surface area (Å²) in [6.45, 7) is 0. The fourth-order valence-corrected chi connectivity index (χ4v) is 1.97. The summed E-state index contributed by atoms with van der Waals surface area (Å²) in [5.74, 6) is 0. The van der Waals surface area contributed by atoms with E-state index in [9.17, 15) is 8.78 Å². The average molecular weight is 217 g/mol. The van der Waals surface area contributed by atoms with Crippen LogP contribution in [0.5, 0.6) is 0 Å². The minimum Gasteiger partial charge on any atom is -0.357 e. The number of nitrogens with zero attached hydrogens (tertiary/aromatic N) is 2. The van der Waals surface area contributed by atoms with E-state index in [1.165, 1.54) is 0 Å². The Morgan fingerprint density at radius 2 is 2.07 bits per heavy atom. The molecule has 1 aliphatic carbocycles. The highest BCUT2D eigenvalue weighted by atomic mass is 32.1. The average Bonchev–Trinajstić information content (AvgIpc) is 2.75. The Kier molecular flexibility index (Phi) is 2.72. The smallest absolute Gasteiger partial charge is 0.291 e. The molecular weight excluding hydrogens is 208 g/mol. The van der Waals surface area contributed by atoms with Gasteiger partial charge >= 0.3 is 0 Å². The molecule has 0 atom stereocenters. The summed E-state index contributed by atoms with van der Waals surface area (Å²) in [7, 11) is 0. The molecule has 0 amide bonds.